The fourth-order valence-electron chi connectivity index (χ4n) is 2.79. The third kappa shape index (κ3) is 2.68. The van der Waals surface area contributed by atoms with E-state index in [4.69, 9.17) is 5.73 Å². The molecular weight excluding hydrogens is 348 g/mol. The van der Waals surface area contributed by atoms with Crippen molar-refractivity contribution in [3.05, 3.63) is 18.5 Å². The van der Waals surface area contributed by atoms with E-state index < -0.39 is 0 Å². The normalized spacial score (nSPS) is 23.7. The van der Waals surface area contributed by atoms with Crippen LogP contribution in [0.4, 0.5) is 11.8 Å². The number of aromatic nitrogens is 4. The number of hydrogen-bond acceptors (Lipinski definition) is 6. The summed E-state index contributed by atoms with van der Waals surface area (Å²) in [6, 6.07) is 0.646. The monoisotopic (exact) mass is 366 g/mol. The molecule has 2 aromatic rings. The molecule has 0 amide bonds. The first-order valence-electron chi connectivity index (χ1n) is 7.30. The van der Waals surface area contributed by atoms with Gasteiger partial charge < -0.3 is 20.7 Å². The lowest BCUT2D eigenvalue weighted by Crippen LogP contribution is -2.10. The Morgan fingerprint density at radius 1 is 1.32 bits per heavy atom. The van der Waals surface area contributed by atoms with Gasteiger partial charge in [-0.05, 0) is 19.3 Å². The van der Waals surface area contributed by atoms with Gasteiger partial charge in [-0.1, -0.05) is 12.2 Å². The molecule has 4 N–H and O–H groups in total. The number of imidazole rings is 1. The number of aliphatic hydroxyl groups excluding tert-OH is 1. The minimum Gasteiger partial charge on any atom is -0.396 e. The molecule has 2 aliphatic carbocycles. The molecule has 1 saturated carbocycles. The number of nitrogens with zero attached hydrogens (tertiary/aromatic N) is 4. The third-order valence-corrected chi connectivity index (χ3v) is 4.10. The second-order valence-electron chi connectivity index (χ2n) is 5.80. The van der Waals surface area contributed by atoms with Crippen LogP contribution in [0, 0.1) is 5.92 Å². The van der Waals surface area contributed by atoms with Gasteiger partial charge in [0.05, 0.1) is 12.4 Å². The fourth-order valence-corrected chi connectivity index (χ4v) is 2.79. The maximum absolute atomic E-state index is 9.26. The Morgan fingerprint density at radius 3 is 2.82 bits per heavy atom. The van der Waals surface area contributed by atoms with Crippen LogP contribution in [0.25, 0.3) is 11.2 Å². The molecule has 2 atom stereocenters. The molecule has 0 saturated heterocycles. The van der Waals surface area contributed by atoms with Gasteiger partial charge in [0.15, 0.2) is 17.0 Å². The SMILES string of the molecule is Br.Nc1nc(NC2CC2)c2ncn([C@H]3C=C[C@@H](CO)C3)c2n1. The van der Waals surface area contributed by atoms with E-state index in [2.05, 4.69) is 26.3 Å². The van der Waals surface area contributed by atoms with Gasteiger partial charge in [0.25, 0.3) is 0 Å². The predicted molar refractivity (Wildman–Crippen MR) is 90.1 cm³/mol. The van der Waals surface area contributed by atoms with Gasteiger partial charge in [0, 0.05) is 18.6 Å². The number of nitrogens with one attached hydrogen (secondary N) is 1. The zero-order valence-corrected chi connectivity index (χ0v) is 13.7. The van der Waals surface area contributed by atoms with Crippen LogP contribution in [0.3, 0.4) is 0 Å². The van der Waals surface area contributed by atoms with E-state index in [-0.39, 0.29) is 41.5 Å². The van der Waals surface area contributed by atoms with E-state index in [1.165, 1.54) is 0 Å². The first-order chi connectivity index (χ1) is 10.2. The van der Waals surface area contributed by atoms with E-state index in [1.807, 2.05) is 10.6 Å². The molecule has 8 heteroatoms. The molecule has 2 aromatic heterocycles. The standard InChI is InChI=1S/C14H18N6O.BrH/c15-14-18-12(17-9-2-3-9)11-13(19-14)20(7-16-11)10-4-1-8(5-10)6-21;/h1,4,7-10,21H,2-3,5-6H2,(H3,15,17,18,19);1H/t8-,10+;/m1./s1. The maximum atomic E-state index is 9.26. The second kappa shape index (κ2) is 5.85. The van der Waals surface area contributed by atoms with Crippen LogP contribution in [-0.2, 0) is 0 Å². The molecule has 2 aliphatic rings. The molecule has 0 aliphatic heterocycles. The first kappa shape index (κ1) is 15.2. The number of aliphatic hydroxyl groups is 1. The molecule has 22 heavy (non-hydrogen) atoms. The zero-order valence-electron chi connectivity index (χ0n) is 12.0. The summed E-state index contributed by atoms with van der Waals surface area (Å²) >= 11 is 0. The van der Waals surface area contributed by atoms with Crippen LogP contribution in [0.1, 0.15) is 25.3 Å². The Morgan fingerprint density at radius 2 is 2.14 bits per heavy atom. The number of anilines is 2. The highest BCUT2D eigenvalue weighted by molar-refractivity contribution is 8.93. The fraction of sp³-hybridized carbons (Fsp3) is 0.500. The van der Waals surface area contributed by atoms with Crippen molar-refractivity contribution in [3.63, 3.8) is 0 Å². The summed E-state index contributed by atoms with van der Waals surface area (Å²) in [6.45, 7) is 0.172. The van der Waals surface area contributed by atoms with Crippen LogP contribution in [-0.4, -0.2) is 37.3 Å². The predicted octanol–water partition coefficient (Wildman–Crippen LogP) is 1.67. The van der Waals surface area contributed by atoms with E-state index in [0.29, 0.717) is 6.04 Å². The quantitative estimate of drug-likeness (QED) is 0.711. The van der Waals surface area contributed by atoms with Crippen LogP contribution in [0.2, 0.25) is 0 Å². The summed E-state index contributed by atoms with van der Waals surface area (Å²) in [5.41, 5.74) is 7.35. The number of rotatable bonds is 4. The smallest absolute Gasteiger partial charge is 0.224 e. The van der Waals surface area contributed by atoms with Crippen molar-refractivity contribution < 1.29 is 5.11 Å². The minimum atomic E-state index is 0. The van der Waals surface area contributed by atoms with Crippen molar-refractivity contribution in [2.45, 2.75) is 31.3 Å². The van der Waals surface area contributed by atoms with Crippen molar-refractivity contribution in [1.29, 1.82) is 0 Å². The molecule has 0 unspecified atom stereocenters. The molecule has 0 radical (unpaired) electrons. The zero-order chi connectivity index (χ0) is 14.4. The number of nitrogen functional groups attached to an aromatic ring is 1. The largest absolute Gasteiger partial charge is 0.396 e. The Balaban J connectivity index is 0.00000144. The van der Waals surface area contributed by atoms with Crippen molar-refractivity contribution >= 4 is 39.9 Å². The summed E-state index contributed by atoms with van der Waals surface area (Å²) in [7, 11) is 0. The van der Waals surface area contributed by atoms with Crippen molar-refractivity contribution in [2.24, 2.45) is 5.92 Å². The van der Waals surface area contributed by atoms with E-state index in [9.17, 15) is 5.11 Å². The highest BCUT2D eigenvalue weighted by Crippen LogP contribution is 2.32. The average molecular weight is 367 g/mol. The minimum absolute atomic E-state index is 0. The van der Waals surface area contributed by atoms with Gasteiger partial charge in [-0.25, -0.2) is 4.98 Å². The molecule has 4 rings (SSSR count). The Labute approximate surface area is 138 Å². The lowest BCUT2D eigenvalue weighted by Gasteiger charge is -2.13. The molecule has 0 spiro atoms. The van der Waals surface area contributed by atoms with Gasteiger partial charge in [0.1, 0.15) is 0 Å². The number of allylic oxidation sites excluding steroid dienone is 1. The lowest BCUT2D eigenvalue weighted by atomic mass is 10.1. The average Bonchev–Trinajstić information content (AvgIpc) is 3.01. The molecule has 1 fully saturated rings. The second-order valence-corrected chi connectivity index (χ2v) is 5.80. The molecule has 7 nitrogen and oxygen atoms in total. The Bertz CT molecular complexity index is 711. The van der Waals surface area contributed by atoms with Gasteiger partial charge in [-0.2, -0.15) is 9.97 Å². The summed E-state index contributed by atoms with van der Waals surface area (Å²) < 4.78 is 2.01. The maximum Gasteiger partial charge on any atom is 0.224 e. The molecule has 2 heterocycles. The number of nitrogens with two attached hydrogens (primary N) is 1. The Kier molecular flexibility index (Phi) is 4.05. The number of hydrogen-bond donors (Lipinski definition) is 3. The van der Waals surface area contributed by atoms with Crippen molar-refractivity contribution in [2.75, 3.05) is 17.7 Å². The van der Waals surface area contributed by atoms with Gasteiger partial charge in [-0.15, -0.1) is 17.0 Å². The van der Waals surface area contributed by atoms with Crippen LogP contribution >= 0.6 is 17.0 Å². The molecule has 118 valence electrons. The summed E-state index contributed by atoms with van der Waals surface area (Å²) in [6.07, 6.45) is 9.10. The third-order valence-electron chi connectivity index (χ3n) is 4.10. The van der Waals surface area contributed by atoms with Crippen LogP contribution in [0.5, 0.6) is 0 Å². The van der Waals surface area contributed by atoms with E-state index in [0.717, 1.165) is 36.2 Å². The van der Waals surface area contributed by atoms with E-state index >= 15 is 0 Å². The molecule has 0 aromatic carbocycles. The highest BCUT2D eigenvalue weighted by atomic mass is 79.9. The van der Waals surface area contributed by atoms with Crippen LogP contribution < -0.4 is 11.1 Å². The van der Waals surface area contributed by atoms with Gasteiger partial charge in [-0.3, -0.25) is 0 Å². The summed E-state index contributed by atoms with van der Waals surface area (Å²) in [5, 5.41) is 12.6. The number of fused-ring (bicyclic) bond motifs is 1. The molecule has 0 bridgehead atoms. The molecular formula is C14H19BrN6O. The van der Waals surface area contributed by atoms with Gasteiger partial charge >= 0.3 is 0 Å². The van der Waals surface area contributed by atoms with Crippen LogP contribution in [0.15, 0.2) is 18.5 Å². The van der Waals surface area contributed by atoms with Crippen molar-refractivity contribution in [1.82, 2.24) is 19.5 Å². The summed E-state index contributed by atoms with van der Waals surface area (Å²) in [4.78, 5) is 13.1. The summed E-state index contributed by atoms with van der Waals surface area (Å²) in [5.74, 6) is 1.18. The number of halogens is 1. The first-order valence-corrected chi connectivity index (χ1v) is 7.30. The Hall–Kier alpha value is -1.67. The lowest BCUT2D eigenvalue weighted by molar-refractivity contribution is 0.244. The van der Waals surface area contributed by atoms with Crippen molar-refractivity contribution in [3.8, 4) is 0 Å². The topological polar surface area (TPSA) is 102 Å². The van der Waals surface area contributed by atoms with Gasteiger partial charge in [0.2, 0.25) is 5.95 Å². The highest BCUT2D eigenvalue weighted by Gasteiger charge is 2.26. The van der Waals surface area contributed by atoms with E-state index in [1.54, 1.807) is 6.33 Å².